The summed E-state index contributed by atoms with van der Waals surface area (Å²) in [7, 11) is 0. The first-order chi connectivity index (χ1) is 15.1. The number of nitrogens with zero attached hydrogens (tertiary/aromatic N) is 3. The first kappa shape index (κ1) is 23.3. The zero-order valence-electron chi connectivity index (χ0n) is 16.7. The van der Waals surface area contributed by atoms with Crippen LogP contribution in [0.15, 0.2) is 35.7 Å². The number of rotatable bonds is 6. The molecular formula is C19H20F3N5O4S. The number of urea groups is 1. The normalized spacial score (nSPS) is 15.3. The molecule has 0 radical (unpaired) electrons. The summed E-state index contributed by atoms with van der Waals surface area (Å²) in [5.41, 5.74) is 3.55. The van der Waals surface area contributed by atoms with Gasteiger partial charge >= 0.3 is 12.2 Å². The van der Waals surface area contributed by atoms with Gasteiger partial charge in [0.2, 0.25) is 5.91 Å². The number of carbonyl (C=O) groups is 2. The number of thiophene rings is 1. The zero-order valence-corrected chi connectivity index (χ0v) is 17.5. The van der Waals surface area contributed by atoms with E-state index in [1.807, 2.05) is 5.38 Å². The van der Waals surface area contributed by atoms with E-state index in [0.717, 1.165) is 17.0 Å². The number of piperazine rings is 1. The Hall–Kier alpha value is -3.35. The van der Waals surface area contributed by atoms with Crippen LogP contribution in [0.2, 0.25) is 0 Å². The van der Waals surface area contributed by atoms with Gasteiger partial charge in [-0.1, -0.05) is 6.07 Å². The molecular weight excluding hydrogens is 451 g/mol. The molecule has 1 fully saturated rings. The van der Waals surface area contributed by atoms with Crippen LogP contribution < -0.4 is 16.0 Å². The highest BCUT2D eigenvalue weighted by Gasteiger charge is 2.34. The Labute approximate surface area is 184 Å². The minimum absolute atomic E-state index is 0.0100. The van der Waals surface area contributed by atoms with Crippen LogP contribution in [0.25, 0.3) is 0 Å². The van der Waals surface area contributed by atoms with Crippen LogP contribution in [0.3, 0.4) is 0 Å². The van der Waals surface area contributed by atoms with Crippen LogP contribution >= 0.6 is 11.3 Å². The van der Waals surface area contributed by atoms with Crippen LogP contribution in [0, 0.1) is 10.1 Å². The molecule has 1 aliphatic heterocycles. The predicted octanol–water partition coefficient (Wildman–Crippen LogP) is 3.12. The highest BCUT2D eigenvalue weighted by atomic mass is 32.1. The summed E-state index contributed by atoms with van der Waals surface area (Å²) in [5, 5.41) is 15.7. The molecule has 172 valence electrons. The van der Waals surface area contributed by atoms with E-state index in [4.69, 9.17) is 5.73 Å². The zero-order chi connectivity index (χ0) is 23.5. The molecule has 1 aliphatic rings. The Balaban J connectivity index is 1.67. The number of anilines is 1. The van der Waals surface area contributed by atoms with Gasteiger partial charge in [-0.3, -0.25) is 14.9 Å². The maximum Gasteiger partial charge on any atom is 0.416 e. The van der Waals surface area contributed by atoms with Crippen molar-refractivity contribution in [2.24, 2.45) is 5.73 Å². The minimum Gasteiger partial charge on any atom is -0.362 e. The summed E-state index contributed by atoms with van der Waals surface area (Å²) in [6, 6.07) is 4.65. The Morgan fingerprint density at radius 1 is 1.22 bits per heavy atom. The molecule has 3 N–H and O–H groups in total. The van der Waals surface area contributed by atoms with E-state index in [-0.39, 0.29) is 44.2 Å². The largest absolute Gasteiger partial charge is 0.416 e. The van der Waals surface area contributed by atoms with E-state index in [0.29, 0.717) is 6.07 Å². The summed E-state index contributed by atoms with van der Waals surface area (Å²) in [5.74, 6) is -0.237. The first-order valence-corrected chi connectivity index (χ1v) is 10.4. The molecule has 32 heavy (non-hydrogen) atoms. The molecule has 2 heterocycles. The molecule has 1 atom stereocenters. The second-order valence-electron chi connectivity index (χ2n) is 7.11. The Morgan fingerprint density at radius 2 is 1.91 bits per heavy atom. The van der Waals surface area contributed by atoms with Crippen molar-refractivity contribution in [2.75, 3.05) is 31.1 Å². The Kier molecular flexibility index (Phi) is 6.87. The van der Waals surface area contributed by atoms with Crippen LogP contribution in [0.4, 0.5) is 29.3 Å². The number of hydrogen-bond donors (Lipinski definition) is 2. The fourth-order valence-corrected chi connectivity index (χ4v) is 4.28. The van der Waals surface area contributed by atoms with Crippen LogP contribution in [-0.2, 0) is 11.0 Å². The van der Waals surface area contributed by atoms with E-state index >= 15 is 0 Å². The highest BCUT2D eigenvalue weighted by molar-refractivity contribution is 7.10. The number of carbonyl (C=O) groups excluding carboxylic acids is 2. The Bertz CT molecular complexity index is 991. The number of hydrogen-bond acceptors (Lipinski definition) is 6. The average Bonchev–Trinajstić information content (AvgIpc) is 3.27. The molecule has 0 spiro atoms. The summed E-state index contributed by atoms with van der Waals surface area (Å²) >= 11 is 1.37. The fraction of sp³-hybridized carbons (Fsp3) is 0.368. The lowest BCUT2D eigenvalue weighted by atomic mass is 10.1. The smallest absolute Gasteiger partial charge is 0.362 e. The number of amides is 3. The van der Waals surface area contributed by atoms with Crippen molar-refractivity contribution in [3.63, 3.8) is 0 Å². The van der Waals surface area contributed by atoms with Crippen molar-refractivity contribution >= 4 is 34.6 Å². The van der Waals surface area contributed by atoms with Gasteiger partial charge in [-0.05, 0) is 23.6 Å². The standard InChI is InChI=1S/C19H20F3N5O4S/c20-19(21,22)12-3-4-14(15(10-12)27(30)31)25-5-7-26(8-6-25)17(28)11-13(24-18(23)29)16-2-1-9-32-16/h1-4,9-10,13H,5-8,11H2,(H3,23,24,29). The second kappa shape index (κ2) is 9.42. The van der Waals surface area contributed by atoms with Crippen molar-refractivity contribution < 1.29 is 27.7 Å². The molecule has 9 nitrogen and oxygen atoms in total. The van der Waals surface area contributed by atoms with E-state index < -0.39 is 34.4 Å². The topological polar surface area (TPSA) is 122 Å². The number of primary amides is 1. The third-order valence-electron chi connectivity index (χ3n) is 5.05. The number of halogens is 3. The van der Waals surface area contributed by atoms with Gasteiger partial charge in [-0.2, -0.15) is 13.2 Å². The molecule has 0 saturated carbocycles. The lowest BCUT2D eigenvalue weighted by molar-refractivity contribution is -0.384. The van der Waals surface area contributed by atoms with Gasteiger partial charge in [0, 0.05) is 37.1 Å². The third kappa shape index (κ3) is 5.46. The highest BCUT2D eigenvalue weighted by Crippen LogP contribution is 2.36. The third-order valence-corrected chi connectivity index (χ3v) is 6.04. The van der Waals surface area contributed by atoms with Crippen LogP contribution in [0.5, 0.6) is 0 Å². The molecule has 13 heteroatoms. The molecule has 1 unspecified atom stereocenters. The molecule has 0 aliphatic carbocycles. The monoisotopic (exact) mass is 471 g/mol. The predicted molar refractivity (Wildman–Crippen MR) is 111 cm³/mol. The quantitative estimate of drug-likeness (QED) is 0.495. The second-order valence-corrected chi connectivity index (χ2v) is 8.09. The maximum atomic E-state index is 12.9. The SMILES string of the molecule is NC(=O)NC(CC(=O)N1CCN(c2ccc(C(F)(F)F)cc2[N+](=O)[O-])CC1)c1cccs1. The molecule has 1 aromatic heterocycles. The Morgan fingerprint density at radius 3 is 2.44 bits per heavy atom. The van der Waals surface area contributed by atoms with Gasteiger partial charge in [-0.15, -0.1) is 11.3 Å². The lowest BCUT2D eigenvalue weighted by Gasteiger charge is -2.36. The molecule has 3 amide bonds. The van der Waals surface area contributed by atoms with E-state index in [9.17, 15) is 32.9 Å². The van der Waals surface area contributed by atoms with Crippen molar-refractivity contribution in [2.45, 2.75) is 18.6 Å². The summed E-state index contributed by atoms with van der Waals surface area (Å²) in [6.07, 6.45) is -4.70. The van der Waals surface area contributed by atoms with Gasteiger partial charge in [0.15, 0.2) is 0 Å². The summed E-state index contributed by atoms with van der Waals surface area (Å²) in [6.45, 7) is 0.880. The summed E-state index contributed by atoms with van der Waals surface area (Å²) < 4.78 is 38.8. The molecule has 1 aromatic carbocycles. The van der Waals surface area contributed by atoms with E-state index in [2.05, 4.69) is 5.32 Å². The lowest BCUT2D eigenvalue weighted by Crippen LogP contribution is -2.49. The van der Waals surface area contributed by atoms with E-state index in [1.165, 1.54) is 11.3 Å². The van der Waals surface area contributed by atoms with Gasteiger partial charge < -0.3 is 20.9 Å². The minimum atomic E-state index is -4.69. The van der Waals surface area contributed by atoms with Crippen LogP contribution in [-0.4, -0.2) is 47.9 Å². The number of nitro benzene ring substituents is 1. The number of nitro groups is 1. The fourth-order valence-electron chi connectivity index (χ4n) is 3.50. The van der Waals surface area contributed by atoms with Gasteiger partial charge in [0.25, 0.3) is 5.69 Å². The number of benzene rings is 1. The number of nitrogens with two attached hydrogens (primary N) is 1. The molecule has 0 bridgehead atoms. The van der Waals surface area contributed by atoms with Crippen LogP contribution in [0.1, 0.15) is 22.9 Å². The number of nitrogens with one attached hydrogen (secondary N) is 1. The van der Waals surface area contributed by atoms with Gasteiger partial charge in [0.1, 0.15) is 5.69 Å². The molecule has 1 saturated heterocycles. The summed E-state index contributed by atoms with van der Waals surface area (Å²) in [4.78, 5) is 38.4. The van der Waals surface area contributed by atoms with E-state index in [1.54, 1.807) is 21.9 Å². The number of alkyl halides is 3. The maximum absolute atomic E-state index is 12.9. The van der Waals surface area contributed by atoms with Gasteiger partial charge in [0.05, 0.1) is 22.9 Å². The van der Waals surface area contributed by atoms with Crippen molar-refractivity contribution in [3.8, 4) is 0 Å². The molecule has 3 rings (SSSR count). The van der Waals surface area contributed by atoms with Crippen molar-refractivity contribution in [3.05, 3.63) is 56.3 Å². The van der Waals surface area contributed by atoms with Crippen molar-refractivity contribution in [1.82, 2.24) is 10.2 Å². The van der Waals surface area contributed by atoms with Crippen molar-refractivity contribution in [1.29, 1.82) is 0 Å². The first-order valence-electron chi connectivity index (χ1n) is 9.54. The average molecular weight is 471 g/mol. The van der Waals surface area contributed by atoms with Gasteiger partial charge in [-0.25, -0.2) is 4.79 Å². The molecule has 2 aromatic rings.